The van der Waals surface area contributed by atoms with Gasteiger partial charge in [0.1, 0.15) is 0 Å². The van der Waals surface area contributed by atoms with Crippen molar-refractivity contribution < 1.29 is 17.1 Å². The fourth-order valence-electron chi connectivity index (χ4n) is 0. The van der Waals surface area contributed by atoms with E-state index >= 15 is 0 Å². The molecule has 0 aromatic carbocycles. The van der Waals surface area contributed by atoms with E-state index in [1.807, 2.05) is 13.8 Å². The van der Waals surface area contributed by atoms with Gasteiger partial charge in [-0.25, -0.2) is 0 Å². The minimum Gasteiger partial charge on any atom is -0.177 e. The summed E-state index contributed by atoms with van der Waals surface area (Å²) in [6.45, 7) is 4.06. The Hall–Kier alpha value is 0.869. The summed E-state index contributed by atoms with van der Waals surface area (Å²) in [4.78, 5) is 0. The molecule has 0 rings (SSSR count). The topological polar surface area (TPSA) is 0 Å². The van der Waals surface area contributed by atoms with Crippen LogP contribution in [0.2, 0.25) is 0 Å². The molecule has 0 aliphatic rings. The molecule has 0 aliphatic carbocycles. The molecule has 0 nitrogen and oxygen atoms in total. The second-order valence-corrected chi connectivity index (χ2v) is 2.13. The minimum atomic E-state index is 0. The van der Waals surface area contributed by atoms with Gasteiger partial charge in [-0.15, -0.1) is 0 Å². The van der Waals surface area contributed by atoms with Crippen LogP contribution in [0.5, 0.6) is 0 Å². The third-order valence-electron chi connectivity index (χ3n) is 0. The van der Waals surface area contributed by atoms with Crippen molar-refractivity contribution in [3.8, 4) is 0 Å². The van der Waals surface area contributed by atoms with Crippen molar-refractivity contribution in [3.05, 3.63) is 0 Å². The Balaban J connectivity index is 0. The molecule has 0 bridgehead atoms. The third kappa shape index (κ3) is 53.0. The van der Waals surface area contributed by atoms with Gasteiger partial charge >= 0.3 is 0 Å². The van der Waals surface area contributed by atoms with E-state index in [2.05, 4.69) is 12.6 Å². The van der Waals surface area contributed by atoms with Crippen LogP contribution < -0.4 is 0 Å². The average molecular weight is 140 g/mol. The summed E-state index contributed by atoms with van der Waals surface area (Å²) in [5.74, 6) is 0. The Bertz CT molecular complexity index is 11.6. The molecular formula is C3H8CuS. The molecule has 37 valence electrons. The van der Waals surface area contributed by atoms with E-state index < -0.39 is 0 Å². The van der Waals surface area contributed by atoms with Crippen LogP contribution in [0.3, 0.4) is 0 Å². The third-order valence-corrected chi connectivity index (χ3v) is 0. The van der Waals surface area contributed by atoms with Crippen molar-refractivity contribution in [2.45, 2.75) is 19.1 Å². The molecular weight excluding hydrogens is 132 g/mol. The Morgan fingerprint density at radius 1 is 1.40 bits per heavy atom. The smallest absolute Gasteiger partial charge is 0 e. The molecule has 0 saturated carbocycles. The number of hydrogen-bond donors (Lipinski definition) is 1. The van der Waals surface area contributed by atoms with Crippen molar-refractivity contribution in [1.82, 2.24) is 0 Å². The van der Waals surface area contributed by atoms with Gasteiger partial charge in [-0.2, -0.15) is 12.6 Å². The van der Waals surface area contributed by atoms with E-state index in [0.717, 1.165) is 0 Å². The first-order chi connectivity index (χ1) is 1.73. The molecule has 0 N–H and O–H groups in total. The van der Waals surface area contributed by atoms with Gasteiger partial charge in [-0.05, 0) is 5.25 Å². The fourth-order valence-corrected chi connectivity index (χ4v) is 0. The monoisotopic (exact) mass is 139 g/mol. The summed E-state index contributed by atoms with van der Waals surface area (Å²) in [7, 11) is 0. The van der Waals surface area contributed by atoms with E-state index in [4.69, 9.17) is 0 Å². The minimum absolute atomic E-state index is 0. The van der Waals surface area contributed by atoms with Crippen LogP contribution in [0.4, 0.5) is 0 Å². The summed E-state index contributed by atoms with van der Waals surface area (Å²) < 4.78 is 0. The van der Waals surface area contributed by atoms with Crippen molar-refractivity contribution in [2.24, 2.45) is 0 Å². The van der Waals surface area contributed by atoms with Crippen molar-refractivity contribution >= 4 is 12.6 Å². The molecule has 0 heterocycles. The summed E-state index contributed by atoms with van der Waals surface area (Å²) in [5, 5.41) is 0.528. The van der Waals surface area contributed by atoms with Crippen LogP contribution in [-0.4, -0.2) is 5.25 Å². The van der Waals surface area contributed by atoms with Crippen molar-refractivity contribution in [3.63, 3.8) is 0 Å². The molecule has 0 atom stereocenters. The maximum atomic E-state index is 3.97. The molecule has 1 radical (unpaired) electrons. The van der Waals surface area contributed by atoms with Crippen LogP contribution in [0, 0.1) is 0 Å². The van der Waals surface area contributed by atoms with Gasteiger partial charge in [0.15, 0.2) is 0 Å². The molecule has 0 amide bonds. The Morgan fingerprint density at radius 3 is 1.40 bits per heavy atom. The van der Waals surface area contributed by atoms with Gasteiger partial charge in [0.05, 0.1) is 0 Å². The van der Waals surface area contributed by atoms with Crippen LogP contribution in [0.25, 0.3) is 0 Å². The largest absolute Gasteiger partial charge is 0.177 e. The quantitative estimate of drug-likeness (QED) is 0.380. The summed E-state index contributed by atoms with van der Waals surface area (Å²) in [6.07, 6.45) is 0. The second-order valence-electron chi connectivity index (χ2n) is 1.09. The van der Waals surface area contributed by atoms with Gasteiger partial charge in [0, 0.05) is 17.1 Å². The van der Waals surface area contributed by atoms with E-state index in [9.17, 15) is 0 Å². The van der Waals surface area contributed by atoms with E-state index in [1.54, 1.807) is 0 Å². The SMILES string of the molecule is CC(C)S.[Cu]. The fraction of sp³-hybridized carbons (Fsp3) is 1.00. The molecule has 0 aromatic heterocycles. The summed E-state index contributed by atoms with van der Waals surface area (Å²) >= 11 is 3.97. The maximum absolute atomic E-state index is 3.97. The first-order valence-electron chi connectivity index (χ1n) is 1.41. The Morgan fingerprint density at radius 2 is 1.40 bits per heavy atom. The number of rotatable bonds is 0. The van der Waals surface area contributed by atoms with Crippen molar-refractivity contribution in [2.75, 3.05) is 0 Å². The van der Waals surface area contributed by atoms with Crippen molar-refractivity contribution in [1.29, 1.82) is 0 Å². The summed E-state index contributed by atoms with van der Waals surface area (Å²) in [6, 6.07) is 0. The predicted octanol–water partition coefficient (Wildman–Crippen LogP) is 1.32. The molecule has 0 unspecified atom stereocenters. The molecule has 5 heavy (non-hydrogen) atoms. The van der Waals surface area contributed by atoms with Gasteiger partial charge in [-0.3, -0.25) is 0 Å². The zero-order chi connectivity index (χ0) is 3.58. The Labute approximate surface area is 49.2 Å². The van der Waals surface area contributed by atoms with Crippen LogP contribution in [0.15, 0.2) is 0 Å². The molecule has 2 heteroatoms. The molecule has 0 fully saturated rings. The second kappa shape index (κ2) is 4.87. The molecule has 0 aromatic rings. The van der Waals surface area contributed by atoms with Gasteiger partial charge < -0.3 is 0 Å². The van der Waals surface area contributed by atoms with E-state index in [0.29, 0.717) is 5.25 Å². The normalized spacial score (nSPS) is 7.20. The zero-order valence-corrected chi connectivity index (χ0v) is 5.16. The molecule has 0 saturated heterocycles. The van der Waals surface area contributed by atoms with Crippen LogP contribution >= 0.6 is 12.6 Å². The standard InChI is InChI=1S/C3H8S.Cu/c1-3(2)4;/h3-4H,1-2H3;. The first-order valence-corrected chi connectivity index (χ1v) is 1.93. The van der Waals surface area contributed by atoms with Crippen LogP contribution in [-0.2, 0) is 17.1 Å². The van der Waals surface area contributed by atoms with Gasteiger partial charge in [0.25, 0.3) is 0 Å². The molecule has 0 aliphatic heterocycles. The predicted molar refractivity (Wildman–Crippen MR) is 24.1 cm³/mol. The van der Waals surface area contributed by atoms with Crippen LogP contribution in [0.1, 0.15) is 13.8 Å². The first kappa shape index (κ1) is 9.30. The van der Waals surface area contributed by atoms with Gasteiger partial charge in [-0.1, -0.05) is 13.8 Å². The van der Waals surface area contributed by atoms with E-state index in [-0.39, 0.29) is 17.1 Å². The Kier molecular flexibility index (Phi) is 9.05. The molecule has 0 spiro atoms. The maximum Gasteiger partial charge on any atom is 0 e. The number of thiol groups is 1. The zero-order valence-electron chi connectivity index (χ0n) is 3.33. The number of hydrogen-bond acceptors (Lipinski definition) is 1. The average Bonchev–Trinajstić information content (AvgIpc) is 0.811. The summed E-state index contributed by atoms with van der Waals surface area (Å²) in [5.41, 5.74) is 0. The van der Waals surface area contributed by atoms with E-state index in [1.165, 1.54) is 0 Å². The van der Waals surface area contributed by atoms with Gasteiger partial charge in [0.2, 0.25) is 0 Å².